The molecule has 0 saturated carbocycles. The maximum atomic E-state index is 6.77. The first-order valence-electron chi connectivity index (χ1n) is 9.39. The number of methoxy groups -OCH3 is 1. The third-order valence-electron chi connectivity index (χ3n) is 4.80. The van der Waals surface area contributed by atoms with E-state index in [0.29, 0.717) is 22.5 Å². The molecule has 0 amide bonds. The largest absolute Gasteiger partial charge is 0.480 e. The van der Waals surface area contributed by atoms with Gasteiger partial charge in [-0.15, -0.1) is 0 Å². The number of rotatable bonds is 10. The Balaban J connectivity index is 3.23. The summed E-state index contributed by atoms with van der Waals surface area (Å²) in [5.41, 5.74) is 0.955. The molecule has 150 valence electrons. The highest BCUT2D eigenvalue weighted by atomic mass is 35.5. The summed E-state index contributed by atoms with van der Waals surface area (Å²) >= 11 is 13.1. The molecule has 0 spiro atoms. The smallest absolute Gasteiger partial charge is 0.232 e. The highest BCUT2D eigenvalue weighted by Crippen LogP contribution is 2.39. The second kappa shape index (κ2) is 10.3. The van der Waals surface area contributed by atoms with Crippen LogP contribution in [-0.2, 0) is 4.43 Å². The lowest BCUT2D eigenvalue weighted by Gasteiger charge is -2.35. The van der Waals surface area contributed by atoms with Crippen molar-refractivity contribution in [3.05, 3.63) is 21.8 Å². The highest BCUT2D eigenvalue weighted by molar-refractivity contribution is 6.73. The normalized spacial score (nSPS) is 13.7. The monoisotopic (exact) mass is 420 g/mol. The van der Waals surface area contributed by atoms with Gasteiger partial charge in [0.05, 0.1) is 18.2 Å². The fourth-order valence-corrected chi connectivity index (χ4v) is 6.45. The van der Waals surface area contributed by atoms with Gasteiger partial charge < -0.3 is 14.5 Å². The number of hydrogen-bond donors (Lipinski definition) is 1. The molecule has 1 aromatic heterocycles. The maximum Gasteiger partial charge on any atom is 0.232 e. The molecule has 0 fully saturated rings. The molecule has 1 aromatic rings. The molecule has 7 heteroatoms. The van der Waals surface area contributed by atoms with Crippen molar-refractivity contribution in [2.45, 2.75) is 65.8 Å². The number of nitrogens with zero attached hydrogens (tertiary/aromatic N) is 1. The number of hydrogen-bond acceptors (Lipinski definition) is 4. The molecule has 1 N–H and O–H groups in total. The van der Waals surface area contributed by atoms with Gasteiger partial charge in [0.25, 0.3) is 0 Å². The average molecular weight is 421 g/mol. The van der Waals surface area contributed by atoms with Gasteiger partial charge in [0.1, 0.15) is 5.02 Å². The molecular weight excluding hydrogens is 387 g/mol. The first kappa shape index (κ1) is 23.7. The summed E-state index contributed by atoms with van der Waals surface area (Å²) in [6, 6.07) is 3.19. The second-order valence-electron chi connectivity index (χ2n) is 7.88. The van der Waals surface area contributed by atoms with Crippen LogP contribution in [0.15, 0.2) is 6.20 Å². The summed E-state index contributed by atoms with van der Waals surface area (Å²) < 4.78 is 12.1. The minimum absolute atomic E-state index is 0.183. The summed E-state index contributed by atoms with van der Waals surface area (Å²) in [5, 5.41) is 4.49. The first-order chi connectivity index (χ1) is 12.1. The van der Waals surface area contributed by atoms with Crippen LogP contribution in [0.2, 0.25) is 28.2 Å². The Kier molecular flexibility index (Phi) is 9.37. The zero-order valence-electron chi connectivity index (χ0n) is 17.2. The molecule has 0 saturated heterocycles. The van der Waals surface area contributed by atoms with Gasteiger partial charge in [-0.05, 0) is 23.5 Å². The molecule has 1 rings (SSSR count). The van der Waals surface area contributed by atoms with Crippen molar-refractivity contribution in [3.8, 4) is 5.88 Å². The summed E-state index contributed by atoms with van der Waals surface area (Å²) in [5.74, 6) is 0.382. The summed E-state index contributed by atoms with van der Waals surface area (Å²) in [6.45, 7) is 14.8. The molecule has 0 aromatic carbocycles. The van der Waals surface area contributed by atoms with E-state index in [1.165, 1.54) is 0 Å². The Bertz CT molecular complexity index is 567. The maximum absolute atomic E-state index is 6.77. The van der Waals surface area contributed by atoms with Crippen molar-refractivity contribution in [1.82, 2.24) is 10.3 Å². The molecule has 1 atom stereocenters. The van der Waals surface area contributed by atoms with Crippen molar-refractivity contribution < 1.29 is 9.16 Å². The molecule has 0 aliphatic rings. The Morgan fingerprint density at radius 2 is 1.73 bits per heavy atom. The van der Waals surface area contributed by atoms with Gasteiger partial charge in [0.2, 0.25) is 5.88 Å². The van der Waals surface area contributed by atoms with Crippen LogP contribution in [-0.4, -0.2) is 33.5 Å². The highest BCUT2D eigenvalue weighted by Gasteiger charge is 2.34. The van der Waals surface area contributed by atoms with E-state index >= 15 is 0 Å². The predicted molar refractivity (Wildman–Crippen MR) is 114 cm³/mol. The number of halogens is 2. The van der Waals surface area contributed by atoms with Crippen molar-refractivity contribution in [3.63, 3.8) is 0 Å². The zero-order chi connectivity index (χ0) is 20.0. The van der Waals surface area contributed by atoms with E-state index < -0.39 is 8.32 Å². The Labute approximate surface area is 170 Å². The lowest BCUT2D eigenvalue weighted by Crippen LogP contribution is -2.41. The SMILES string of the molecule is CC[Si](CC)(CC)OC(CNCC(C)(C)C)c1c(Cl)cnc(OC)c1Cl. The van der Waals surface area contributed by atoms with E-state index in [2.05, 4.69) is 51.8 Å². The standard InChI is InChI=1S/C19H34Cl2N2O2Si/c1-8-26(9-2,10-3)25-15(12-22-13-19(4,5)6)16-14(20)11-23-18(24-7)17(16)21/h11,15,22H,8-10,12-13H2,1-7H3. The third kappa shape index (κ3) is 6.38. The molecule has 0 radical (unpaired) electrons. The van der Waals surface area contributed by atoms with Crippen molar-refractivity contribution >= 4 is 31.5 Å². The lowest BCUT2D eigenvalue weighted by molar-refractivity contribution is 0.180. The van der Waals surface area contributed by atoms with Crippen LogP contribution in [0.4, 0.5) is 0 Å². The van der Waals surface area contributed by atoms with Crippen molar-refractivity contribution in [2.24, 2.45) is 5.41 Å². The van der Waals surface area contributed by atoms with Gasteiger partial charge in [-0.25, -0.2) is 4.98 Å². The van der Waals surface area contributed by atoms with Crippen LogP contribution in [0.5, 0.6) is 5.88 Å². The van der Waals surface area contributed by atoms with Crippen LogP contribution in [0, 0.1) is 5.41 Å². The third-order valence-corrected chi connectivity index (χ3v) is 10.1. The van der Waals surface area contributed by atoms with Gasteiger partial charge in [-0.1, -0.05) is 64.7 Å². The minimum atomic E-state index is -1.85. The fraction of sp³-hybridized carbons (Fsp3) is 0.737. The molecule has 0 bridgehead atoms. The van der Waals surface area contributed by atoms with E-state index in [-0.39, 0.29) is 11.5 Å². The number of ether oxygens (including phenoxy) is 1. The van der Waals surface area contributed by atoms with Crippen LogP contribution in [0.3, 0.4) is 0 Å². The molecular formula is C19H34Cl2N2O2Si. The Hall–Kier alpha value is -0.333. The average Bonchev–Trinajstić information content (AvgIpc) is 2.58. The van der Waals surface area contributed by atoms with Crippen LogP contribution in [0.1, 0.15) is 53.2 Å². The molecule has 0 aliphatic heterocycles. The lowest BCUT2D eigenvalue weighted by atomic mass is 9.97. The quantitative estimate of drug-likeness (QED) is 0.464. The van der Waals surface area contributed by atoms with Crippen LogP contribution in [0.25, 0.3) is 0 Å². The van der Waals surface area contributed by atoms with E-state index in [0.717, 1.165) is 30.2 Å². The Morgan fingerprint density at radius 1 is 1.15 bits per heavy atom. The van der Waals surface area contributed by atoms with Gasteiger partial charge in [-0.2, -0.15) is 0 Å². The fourth-order valence-electron chi connectivity index (χ4n) is 2.98. The number of pyridine rings is 1. The van der Waals surface area contributed by atoms with Crippen LogP contribution < -0.4 is 10.1 Å². The van der Waals surface area contributed by atoms with Crippen molar-refractivity contribution in [1.29, 1.82) is 0 Å². The molecule has 0 aliphatic carbocycles. The minimum Gasteiger partial charge on any atom is -0.480 e. The molecule has 4 nitrogen and oxygen atoms in total. The molecule has 1 heterocycles. The van der Waals surface area contributed by atoms with Gasteiger partial charge in [0, 0.05) is 24.8 Å². The molecule has 26 heavy (non-hydrogen) atoms. The van der Waals surface area contributed by atoms with Crippen molar-refractivity contribution in [2.75, 3.05) is 20.2 Å². The van der Waals surface area contributed by atoms with E-state index in [1.807, 2.05) is 0 Å². The van der Waals surface area contributed by atoms with E-state index in [9.17, 15) is 0 Å². The second-order valence-corrected chi connectivity index (χ2v) is 13.4. The number of nitrogens with one attached hydrogen (secondary N) is 1. The first-order valence-corrected chi connectivity index (χ1v) is 12.7. The predicted octanol–water partition coefficient (Wildman–Crippen LogP) is 6.10. The number of aromatic nitrogens is 1. The van der Waals surface area contributed by atoms with Gasteiger partial charge >= 0.3 is 0 Å². The van der Waals surface area contributed by atoms with E-state index in [1.54, 1.807) is 13.3 Å². The zero-order valence-corrected chi connectivity index (χ0v) is 19.7. The topological polar surface area (TPSA) is 43.4 Å². The Morgan fingerprint density at radius 3 is 2.19 bits per heavy atom. The van der Waals surface area contributed by atoms with Gasteiger partial charge in [-0.3, -0.25) is 0 Å². The summed E-state index contributed by atoms with van der Waals surface area (Å²) in [4.78, 5) is 4.17. The summed E-state index contributed by atoms with van der Waals surface area (Å²) in [7, 11) is -0.293. The summed E-state index contributed by atoms with van der Waals surface area (Å²) in [6.07, 6.45) is 1.37. The molecule has 1 unspecified atom stereocenters. The van der Waals surface area contributed by atoms with Crippen LogP contribution >= 0.6 is 23.2 Å². The van der Waals surface area contributed by atoms with E-state index in [4.69, 9.17) is 32.4 Å². The van der Waals surface area contributed by atoms with Gasteiger partial charge in [0.15, 0.2) is 8.32 Å².